The molecule has 0 radical (unpaired) electrons. The summed E-state index contributed by atoms with van der Waals surface area (Å²) in [6.45, 7) is 0. The monoisotopic (exact) mass is 293 g/mol. The highest BCUT2D eigenvalue weighted by molar-refractivity contribution is 5.07. The van der Waals surface area contributed by atoms with Crippen molar-refractivity contribution in [3.8, 4) is 0 Å². The Morgan fingerprint density at radius 3 is 2.62 bits per heavy atom. The molecule has 5 heteroatoms. The minimum Gasteiger partial charge on any atom is -0.370 e. The van der Waals surface area contributed by atoms with E-state index >= 15 is 0 Å². The number of ether oxygens (including phenoxy) is 1. The summed E-state index contributed by atoms with van der Waals surface area (Å²) in [5, 5.41) is 7.69. The molecular formula is C16H27N3O2. The topological polar surface area (TPSA) is 60.2 Å². The molecule has 0 spiro atoms. The van der Waals surface area contributed by atoms with E-state index in [-0.39, 0.29) is 5.60 Å². The van der Waals surface area contributed by atoms with Crippen molar-refractivity contribution >= 4 is 0 Å². The lowest BCUT2D eigenvalue weighted by Gasteiger charge is -2.33. The van der Waals surface area contributed by atoms with Crippen LogP contribution in [0.3, 0.4) is 0 Å². The quantitative estimate of drug-likeness (QED) is 0.924. The fraction of sp³-hybridized carbons (Fsp3) is 0.875. The van der Waals surface area contributed by atoms with Gasteiger partial charge in [-0.05, 0) is 32.7 Å². The van der Waals surface area contributed by atoms with Gasteiger partial charge in [0.15, 0.2) is 0 Å². The van der Waals surface area contributed by atoms with Gasteiger partial charge in [-0.3, -0.25) is 0 Å². The van der Waals surface area contributed by atoms with Gasteiger partial charge in [0.05, 0.1) is 5.92 Å². The fourth-order valence-corrected chi connectivity index (χ4v) is 3.98. The van der Waals surface area contributed by atoms with Crippen molar-refractivity contribution in [3.63, 3.8) is 0 Å². The molecule has 1 aromatic heterocycles. The first-order chi connectivity index (χ1) is 10.3. The summed E-state index contributed by atoms with van der Waals surface area (Å²) in [5.74, 6) is 1.91. The predicted octanol–water partition coefficient (Wildman–Crippen LogP) is 3.12. The van der Waals surface area contributed by atoms with E-state index in [1.165, 1.54) is 38.5 Å². The lowest BCUT2D eigenvalue weighted by atomic mass is 9.83. The molecule has 5 nitrogen and oxygen atoms in total. The van der Waals surface area contributed by atoms with Crippen molar-refractivity contribution in [2.24, 2.45) is 0 Å². The summed E-state index contributed by atoms with van der Waals surface area (Å²) < 4.78 is 11.5. The normalized spacial score (nSPS) is 29.4. The molecule has 2 unspecified atom stereocenters. The van der Waals surface area contributed by atoms with Gasteiger partial charge in [-0.25, -0.2) is 0 Å². The van der Waals surface area contributed by atoms with Crippen molar-refractivity contribution in [1.82, 2.24) is 15.5 Å². The van der Waals surface area contributed by atoms with Crippen LogP contribution in [0, 0.1) is 0 Å². The third-order valence-corrected chi connectivity index (χ3v) is 5.36. The Morgan fingerprint density at radius 1 is 1.14 bits per heavy atom. The van der Waals surface area contributed by atoms with Crippen LogP contribution < -0.4 is 5.32 Å². The van der Waals surface area contributed by atoms with Gasteiger partial charge in [0, 0.05) is 13.2 Å². The second kappa shape index (κ2) is 6.44. The second-order valence-electron chi connectivity index (χ2n) is 6.50. The number of likely N-dealkylation sites (N-methyl/N-ethyl adjacent to an activating group) is 1. The van der Waals surface area contributed by atoms with Crippen LogP contribution in [0.2, 0.25) is 0 Å². The van der Waals surface area contributed by atoms with E-state index in [0.29, 0.717) is 12.0 Å². The maximum absolute atomic E-state index is 5.82. The highest BCUT2D eigenvalue weighted by Gasteiger charge is 2.40. The van der Waals surface area contributed by atoms with Crippen molar-refractivity contribution in [3.05, 3.63) is 11.7 Å². The first-order valence-corrected chi connectivity index (χ1v) is 8.35. The number of nitrogens with one attached hydrogen (secondary N) is 1. The molecule has 2 aliphatic rings. The van der Waals surface area contributed by atoms with Gasteiger partial charge in [0.2, 0.25) is 11.7 Å². The van der Waals surface area contributed by atoms with Gasteiger partial charge in [0.1, 0.15) is 5.60 Å². The van der Waals surface area contributed by atoms with Crippen LogP contribution in [0.5, 0.6) is 0 Å². The molecule has 118 valence electrons. The molecule has 0 saturated heterocycles. The van der Waals surface area contributed by atoms with Crippen molar-refractivity contribution < 1.29 is 9.26 Å². The van der Waals surface area contributed by atoms with Gasteiger partial charge >= 0.3 is 0 Å². The molecule has 2 atom stereocenters. The zero-order valence-corrected chi connectivity index (χ0v) is 13.2. The van der Waals surface area contributed by atoms with E-state index in [0.717, 1.165) is 31.0 Å². The first-order valence-electron chi connectivity index (χ1n) is 8.35. The average Bonchev–Trinajstić information content (AvgIpc) is 3.06. The third kappa shape index (κ3) is 2.86. The molecule has 3 rings (SSSR count). The standard InChI is InChI=1S/C16H27N3O2/c1-17-13-9-5-4-8-12(13)14-18-15(19-21-14)16(20-2)10-6-3-7-11-16/h12-13,17H,3-11H2,1-2H3. The number of methoxy groups -OCH3 is 1. The molecule has 1 N–H and O–H groups in total. The number of rotatable bonds is 4. The van der Waals surface area contributed by atoms with Crippen LogP contribution >= 0.6 is 0 Å². The summed E-state index contributed by atoms with van der Waals surface area (Å²) in [6, 6.07) is 0.455. The Labute approximate surface area is 126 Å². The first kappa shape index (κ1) is 15.0. The smallest absolute Gasteiger partial charge is 0.231 e. The lowest BCUT2D eigenvalue weighted by Crippen LogP contribution is -2.35. The van der Waals surface area contributed by atoms with Gasteiger partial charge in [-0.15, -0.1) is 0 Å². The molecule has 1 aromatic rings. The van der Waals surface area contributed by atoms with Crippen LogP contribution in [0.1, 0.15) is 75.4 Å². The van der Waals surface area contributed by atoms with Crippen LogP contribution in [0.4, 0.5) is 0 Å². The van der Waals surface area contributed by atoms with Crippen molar-refractivity contribution in [2.45, 2.75) is 75.3 Å². The molecule has 1 heterocycles. The summed E-state index contributed by atoms with van der Waals surface area (Å²) in [5.41, 5.74) is -0.316. The number of nitrogens with zero attached hydrogens (tertiary/aromatic N) is 2. The van der Waals surface area contributed by atoms with Gasteiger partial charge in [0.25, 0.3) is 0 Å². The molecule has 0 aliphatic heterocycles. The lowest BCUT2D eigenvalue weighted by molar-refractivity contribution is -0.0527. The van der Waals surface area contributed by atoms with Crippen LogP contribution in [-0.2, 0) is 10.3 Å². The minimum absolute atomic E-state index is 0.316. The highest BCUT2D eigenvalue weighted by atomic mass is 16.5. The molecule has 0 amide bonds. The van der Waals surface area contributed by atoms with E-state index in [2.05, 4.69) is 10.5 Å². The van der Waals surface area contributed by atoms with Crippen LogP contribution in [0.15, 0.2) is 4.52 Å². The highest BCUT2D eigenvalue weighted by Crippen LogP contribution is 2.40. The molecule has 2 aliphatic carbocycles. The van der Waals surface area contributed by atoms with Gasteiger partial charge in [-0.1, -0.05) is 37.3 Å². The Morgan fingerprint density at radius 2 is 1.90 bits per heavy atom. The Kier molecular flexibility index (Phi) is 4.60. The second-order valence-corrected chi connectivity index (χ2v) is 6.50. The van der Waals surface area contributed by atoms with Crippen LogP contribution in [-0.4, -0.2) is 30.3 Å². The van der Waals surface area contributed by atoms with Crippen molar-refractivity contribution in [1.29, 1.82) is 0 Å². The zero-order chi connectivity index (χ0) is 14.7. The Balaban J connectivity index is 1.81. The number of hydrogen-bond donors (Lipinski definition) is 1. The van der Waals surface area contributed by atoms with Crippen LogP contribution in [0.25, 0.3) is 0 Å². The van der Waals surface area contributed by atoms with E-state index in [1.807, 2.05) is 7.05 Å². The summed E-state index contributed by atoms with van der Waals surface area (Å²) >= 11 is 0. The SMILES string of the molecule is CNC1CCCCC1c1nc(C2(OC)CCCCC2)no1. The maximum atomic E-state index is 5.82. The van der Waals surface area contributed by atoms with Crippen molar-refractivity contribution in [2.75, 3.05) is 14.2 Å². The Hall–Kier alpha value is -0.940. The fourth-order valence-electron chi connectivity index (χ4n) is 3.98. The third-order valence-electron chi connectivity index (χ3n) is 5.36. The summed E-state index contributed by atoms with van der Waals surface area (Å²) in [4.78, 5) is 4.76. The average molecular weight is 293 g/mol. The molecule has 0 bridgehead atoms. The molecular weight excluding hydrogens is 266 g/mol. The molecule has 2 saturated carbocycles. The molecule has 2 fully saturated rings. The van der Waals surface area contributed by atoms with E-state index in [4.69, 9.17) is 14.2 Å². The van der Waals surface area contributed by atoms with Gasteiger partial charge in [-0.2, -0.15) is 4.98 Å². The Bertz CT molecular complexity index is 454. The minimum atomic E-state index is -0.316. The van der Waals surface area contributed by atoms with E-state index in [9.17, 15) is 0 Å². The largest absolute Gasteiger partial charge is 0.370 e. The summed E-state index contributed by atoms with van der Waals surface area (Å²) in [6.07, 6.45) is 10.5. The number of hydrogen-bond acceptors (Lipinski definition) is 5. The predicted molar refractivity (Wildman–Crippen MR) is 80.1 cm³/mol. The molecule has 21 heavy (non-hydrogen) atoms. The van der Waals surface area contributed by atoms with E-state index in [1.54, 1.807) is 7.11 Å². The van der Waals surface area contributed by atoms with E-state index < -0.39 is 0 Å². The summed E-state index contributed by atoms with van der Waals surface area (Å²) in [7, 11) is 3.80. The van der Waals surface area contributed by atoms with Gasteiger partial charge < -0.3 is 14.6 Å². The molecule has 0 aromatic carbocycles. The maximum Gasteiger partial charge on any atom is 0.231 e. The number of aromatic nitrogens is 2. The zero-order valence-electron chi connectivity index (χ0n) is 13.2.